The molecule has 106 valence electrons. The number of ether oxygens (including phenoxy) is 1. The highest BCUT2D eigenvalue weighted by molar-refractivity contribution is 5.35. The van der Waals surface area contributed by atoms with Crippen LogP contribution in [0.5, 0.6) is 0 Å². The van der Waals surface area contributed by atoms with Gasteiger partial charge in [-0.15, -0.1) is 0 Å². The number of anilines is 2. The van der Waals surface area contributed by atoms with Crippen molar-refractivity contribution in [1.82, 2.24) is 29.7 Å². The molecule has 0 radical (unpaired) electrons. The summed E-state index contributed by atoms with van der Waals surface area (Å²) in [5, 5.41) is 17.0. The highest BCUT2D eigenvalue weighted by atomic mass is 16.5. The fraction of sp³-hybridized carbons (Fsp3) is 0.500. The highest BCUT2D eigenvalue weighted by Crippen LogP contribution is 2.18. The third kappa shape index (κ3) is 2.65. The SMILES string of the molecule is Nc1nc(NCC2(O)CCOC2)nc(-n2cncn2)n1. The van der Waals surface area contributed by atoms with Crippen molar-refractivity contribution in [3.63, 3.8) is 0 Å². The summed E-state index contributed by atoms with van der Waals surface area (Å²) in [6.45, 7) is 1.10. The van der Waals surface area contributed by atoms with Gasteiger partial charge in [0.1, 0.15) is 18.3 Å². The molecular weight excluding hydrogens is 264 g/mol. The average molecular weight is 278 g/mol. The summed E-state index contributed by atoms with van der Waals surface area (Å²) in [6, 6.07) is 0. The van der Waals surface area contributed by atoms with E-state index in [9.17, 15) is 5.11 Å². The minimum Gasteiger partial charge on any atom is -0.386 e. The maximum Gasteiger partial charge on any atom is 0.258 e. The van der Waals surface area contributed by atoms with Crippen LogP contribution in [0.1, 0.15) is 6.42 Å². The zero-order chi connectivity index (χ0) is 14.0. The monoisotopic (exact) mass is 278 g/mol. The number of aliphatic hydroxyl groups is 1. The van der Waals surface area contributed by atoms with Crippen molar-refractivity contribution in [2.24, 2.45) is 0 Å². The molecule has 1 aliphatic heterocycles. The lowest BCUT2D eigenvalue weighted by Crippen LogP contribution is -2.37. The Bertz CT molecular complexity index is 581. The van der Waals surface area contributed by atoms with E-state index in [-0.39, 0.29) is 31.0 Å². The second kappa shape index (κ2) is 4.98. The van der Waals surface area contributed by atoms with Gasteiger partial charge in [-0.05, 0) is 0 Å². The largest absolute Gasteiger partial charge is 0.386 e. The molecule has 0 aromatic carbocycles. The second-order valence-corrected chi connectivity index (χ2v) is 4.54. The zero-order valence-electron chi connectivity index (χ0n) is 10.6. The van der Waals surface area contributed by atoms with Crippen molar-refractivity contribution < 1.29 is 9.84 Å². The minimum atomic E-state index is -0.908. The van der Waals surface area contributed by atoms with Crippen molar-refractivity contribution in [3.8, 4) is 5.95 Å². The molecular formula is C10H14N8O2. The molecule has 20 heavy (non-hydrogen) atoms. The molecule has 0 spiro atoms. The molecule has 1 unspecified atom stereocenters. The Kier molecular flexibility index (Phi) is 3.16. The number of nitrogen functional groups attached to an aromatic ring is 1. The van der Waals surface area contributed by atoms with Gasteiger partial charge in [-0.1, -0.05) is 0 Å². The number of nitrogens with zero attached hydrogens (tertiary/aromatic N) is 6. The molecule has 2 aromatic heterocycles. The Morgan fingerprint density at radius 1 is 1.45 bits per heavy atom. The van der Waals surface area contributed by atoms with E-state index in [2.05, 4.69) is 30.4 Å². The topological polar surface area (TPSA) is 137 Å². The van der Waals surface area contributed by atoms with Crippen LogP contribution in [0.15, 0.2) is 12.7 Å². The summed E-state index contributed by atoms with van der Waals surface area (Å²) >= 11 is 0. The molecule has 10 heteroatoms. The van der Waals surface area contributed by atoms with E-state index in [1.54, 1.807) is 0 Å². The lowest BCUT2D eigenvalue weighted by atomic mass is 10.0. The third-order valence-electron chi connectivity index (χ3n) is 2.92. The van der Waals surface area contributed by atoms with E-state index >= 15 is 0 Å². The summed E-state index contributed by atoms with van der Waals surface area (Å²) in [5.41, 5.74) is 4.72. The summed E-state index contributed by atoms with van der Waals surface area (Å²) in [4.78, 5) is 15.9. The number of hydrogen-bond donors (Lipinski definition) is 3. The van der Waals surface area contributed by atoms with E-state index in [0.29, 0.717) is 13.0 Å². The molecule has 10 nitrogen and oxygen atoms in total. The fourth-order valence-corrected chi connectivity index (χ4v) is 1.85. The van der Waals surface area contributed by atoms with Crippen LogP contribution < -0.4 is 11.1 Å². The van der Waals surface area contributed by atoms with Crippen LogP contribution in [-0.4, -0.2) is 60.2 Å². The van der Waals surface area contributed by atoms with Crippen LogP contribution in [-0.2, 0) is 4.74 Å². The predicted octanol–water partition coefficient (Wildman–Crippen LogP) is -1.40. The van der Waals surface area contributed by atoms with Gasteiger partial charge < -0.3 is 20.9 Å². The Morgan fingerprint density at radius 2 is 2.35 bits per heavy atom. The number of rotatable bonds is 4. The maximum atomic E-state index is 10.2. The van der Waals surface area contributed by atoms with E-state index in [1.807, 2.05) is 0 Å². The van der Waals surface area contributed by atoms with Crippen LogP contribution in [0, 0.1) is 0 Å². The first-order valence-electron chi connectivity index (χ1n) is 6.05. The van der Waals surface area contributed by atoms with Crippen LogP contribution in [0.4, 0.5) is 11.9 Å². The average Bonchev–Trinajstić information content (AvgIpc) is 3.08. The Hall–Kier alpha value is -2.33. The Balaban J connectivity index is 1.76. The first-order chi connectivity index (χ1) is 9.65. The molecule has 0 aliphatic carbocycles. The smallest absolute Gasteiger partial charge is 0.258 e. The van der Waals surface area contributed by atoms with Gasteiger partial charge in [-0.25, -0.2) is 4.98 Å². The number of nitrogens with two attached hydrogens (primary N) is 1. The van der Waals surface area contributed by atoms with E-state index < -0.39 is 5.60 Å². The normalized spacial score (nSPS) is 22.1. The lowest BCUT2D eigenvalue weighted by Gasteiger charge is -2.20. The molecule has 2 aromatic rings. The van der Waals surface area contributed by atoms with Crippen molar-refractivity contribution in [3.05, 3.63) is 12.7 Å². The Morgan fingerprint density at radius 3 is 3.05 bits per heavy atom. The van der Waals surface area contributed by atoms with E-state index in [0.717, 1.165) is 0 Å². The van der Waals surface area contributed by atoms with Gasteiger partial charge in [0, 0.05) is 19.6 Å². The first kappa shape index (κ1) is 12.7. The molecule has 3 rings (SSSR count). The third-order valence-corrected chi connectivity index (χ3v) is 2.92. The van der Waals surface area contributed by atoms with Gasteiger partial charge >= 0.3 is 0 Å². The Labute approximate surface area is 114 Å². The fourth-order valence-electron chi connectivity index (χ4n) is 1.85. The van der Waals surface area contributed by atoms with Crippen LogP contribution in [0.3, 0.4) is 0 Å². The molecule has 3 heterocycles. The molecule has 0 bridgehead atoms. The van der Waals surface area contributed by atoms with Crippen LogP contribution >= 0.6 is 0 Å². The second-order valence-electron chi connectivity index (χ2n) is 4.54. The summed E-state index contributed by atoms with van der Waals surface area (Å²) in [5.74, 6) is 0.582. The molecule has 1 atom stereocenters. The number of hydrogen-bond acceptors (Lipinski definition) is 9. The van der Waals surface area contributed by atoms with Crippen LogP contribution in [0.25, 0.3) is 5.95 Å². The van der Waals surface area contributed by atoms with E-state index in [4.69, 9.17) is 10.5 Å². The predicted molar refractivity (Wildman–Crippen MR) is 68.0 cm³/mol. The molecule has 0 saturated carbocycles. The molecule has 1 saturated heterocycles. The highest BCUT2D eigenvalue weighted by Gasteiger charge is 2.32. The van der Waals surface area contributed by atoms with Gasteiger partial charge in [-0.2, -0.15) is 24.7 Å². The molecule has 1 fully saturated rings. The van der Waals surface area contributed by atoms with Crippen molar-refractivity contribution in [1.29, 1.82) is 0 Å². The van der Waals surface area contributed by atoms with Crippen molar-refractivity contribution >= 4 is 11.9 Å². The lowest BCUT2D eigenvalue weighted by molar-refractivity contribution is 0.0380. The standard InChI is InChI=1S/C10H14N8O2/c11-7-15-8(13-3-10(19)1-2-20-4-10)17-9(16-7)18-6-12-5-14-18/h5-6,19H,1-4H2,(H3,11,13,15,16,17). The molecule has 0 amide bonds. The van der Waals surface area contributed by atoms with Crippen LogP contribution in [0.2, 0.25) is 0 Å². The van der Waals surface area contributed by atoms with Gasteiger partial charge in [0.25, 0.3) is 5.95 Å². The zero-order valence-corrected chi connectivity index (χ0v) is 10.6. The van der Waals surface area contributed by atoms with Gasteiger partial charge in [0.15, 0.2) is 0 Å². The maximum absolute atomic E-state index is 10.2. The van der Waals surface area contributed by atoms with E-state index in [1.165, 1.54) is 17.3 Å². The summed E-state index contributed by atoms with van der Waals surface area (Å²) < 4.78 is 6.54. The number of aromatic nitrogens is 6. The molecule has 4 N–H and O–H groups in total. The quantitative estimate of drug-likeness (QED) is 0.616. The van der Waals surface area contributed by atoms with Gasteiger partial charge in [0.05, 0.1) is 6.61 Å². The summed E-state index contributed by atoms with van der Waals surface area (Å²) in [7, 11) is 0. The summed E-state index contributed by atoms with van der Waals surface area (Å²) in [6.07, 6.45) is 3.39. The van der Waals surface area contributed by atoms with Crippen molar-refractivity contribution in [2.75, 3.05) is 30.8 Å². The minimum absolute atomic E-state index is 0.0580. The van der Waals surface area contributed by atoms with Gasteiger partial charge in [-0.3, -0.25) is 0 Å². The van der Waals surface area contributed by atoms with Gasteiger partial charge in [0.2, 0.25) is 11.9 Å². The molecule has 1 aliphatic rings. The number of nitrogens with one attached hydrogen (secondary N) is 1. The first-order valence-corrected chi connectivity index (χ1v) is 6.05. The van der Waals surface area contributed by atoms with Crippen molar-refractivity contribution in [2.45, 2.75) is 12.0 Å².